The summed E-state index contributed by atoms with van der Waals surface area (Å²) in [4.78, 5) is 16.2. The first-order valence-electron chi connectivity index (χ1n) is 24.3. The van der Waals surface area contributed by atoms with Crippen LogP contribution in [0.4, 0.5) is 0 Å². The lowest BCUT2D eigenvalue weighted by Gasteiger charge is -2.23. The Balaban J connectivity index is 0.937. The van der Waals surface area contributed by atoms with E-state index in [1.807, 2.05) is 0 Å². The van der Waals surface area contributed by atoms with E-state index < -0.39 is 0 Å². The van der Waals surface area contributed by atoms with Crippen molar-refractivity contribution in [2.24, 2.45) is 0 Å². The normalized spacial score (nSPS) is 14.9. The maximum atomic E-state index is 5.40. The van der Waals surface area contributed by atoms with Gasteiger partial charge in [0.15, 0.2) is 17.5 Å². The van der Waals surface area contributed by atoms with Crippen molar-refractivity contribution in [2.45, 2.75) is 57.8 Å². The van der Waals surface area contributed by atoms with Crippen LogP contribution in [0.15, 0.2) is 200 Å². The minimum Gasteiger partial charge on any atom is -0.208 e. The number of hydrogen-bond donors (Lipinski definition) is 0. The maximum Gasteiger partial charge on any atom is 0.164 e. The van der Waals surface area contributed by atoms with Crippen LogP contribution in [0.1, 0.15) is 74.9 Å². The van der Waals surface area contributed by atoms with Gasteiger partial charge in [0.25, 0.3) is 0 Å². The van der Waals surface area contributed by atoms with Crippen LogP contribution >= 0.6 is 0 Å². The zero-order valence-corrected chi connectivity index (χ0v) is 39.9. The molecular weight excluding hydrogens is 835 g/mol. The number of rotatable bonds is 6. The van der Waals surface area contributed by atoms with Crippen LogP contribution in [0.5, 0.6) is 0 Å². The standard InChI is InChI=1S/C66H51N3/c1-64(2)55-34-43(40-16-10-7-11-17-40)22-28-49(55)52-31-25-46(37-58(52)64)61-67-62(47-26-32-53-50-29-23-44(41-18-12-8-13-19-41)35-56(50)65(3,4)59(53)38-47)69-63(68-61)48-27-33-54-51-30-24-45(42-20-14-9-15-21-42)36-57(51)66(5,6)60(54)39-48/h7-39H,1-6H3. The van der Waals surface area contributed by atoms with Gasteiger partial charge in [-0.05, 0) is 137 Å². The fraction of sp³-hybridized carbons (Fsp3) is 0.136. The van der Waals surface area contributed by atoms with Crippen LogP contribution in [0, 0.1) is 0 Å². The van der Waals surface area contributed by atoms with Crippen LogP contribution in [0.3, 0.4) is 0 Å². The van der Waals surface area contributed by atoms with Crippen LogP contribution in [-0.4, -0.2) is 15.0 Å². The summed E-state index contributed by atoms with van der Waals surface area (Å²) in [6.07, 6.45) is 0. The average molecular weight is 886 g/mol. The zero-order chi connectivity index (χ0) is 46.8. The lowest BCUT2D eigenvalue weighted by molar-refractivity contribution is 0.660. The van der Waals surface area contributed by atoms with Crippen molar-refractivity contribution in [3.63, 3.8) is 0 Å². The Morgan fingerprint density at radius 3 is 0.652 bits per heavy atom. The molecule has 0 amide bonds. The van der Waals surface area contributed by atoms with Gasteiger partial charge in [-0.1, -0.05) is 205 Å². The zero-order valence-electron chi connectivity index (χ0n) is 39.9. The summed E-state index contributed by atoms with van der Waals surface area (Å²) in [5.74, 6) is 2.00. The van der Waals surface area contributed by atoms with E-state index in [2.05, 4.69) is 242 Å². The summed E-state index contributed by atoms with van der Waals surface area (Å²) in [6.45, 7) is 14.1. The molecule has 0 unspecified atom stereocenters. The Morgan fingerprint density at radius 2 is 0.420 bits per heavy atom. The van der Waals surface area contributed by atoms with Crippen molar-refractivity contribution in [3.8, 4) is 101 Å². The van der Waals surface area contributed by atoms with Crippen molar-refractivity contribution < 1.29 is 0 Å². The number of aromatic nitrogens is 3. The van der Waals surface area contributed by atoms with E-state index in [1.54, 1.807) is 0 Å². The largest absolute Gasteiger partial charge is 0.208 e. The van der Waals surface area contributed by atoms with Crippen molar-refractivity contribution in [1.29, 1.82) is 0 Å². The first-order chi connectivity index (χ1) is 33.4. The molecule has 0 spiro atoms. The molecule has 0 fully saturated rings. The van der Waals surface area contributed by atoms with E-state index in [1.165, 1.54) is 100 Å². The van der Waals surface area contributed by atoms with E-state index >= 15 is 0 Å². The minimum absolute atomic E-state index is 0.230. The molecule has 0 saturated carbocycles. The van der Waals surface area contributed by atoms with Gasteiger partial charge in [-0.25, -0.2) is 15.0 Å². The molecule has 9 aromatic carbocycles. The summed E-state index contributed by atoms with van der Waals surface area (Å²) in [6, 6.07) is 73.3. The van der Waals surface area contributed by atoms with Gasteiger partial charge < -0.3 is 0 Å². The first-order valence-corrected chi connectivity index (χ1v) is 24.3. The van der Waals surface area contributed by atoms with E-state index in [4.69, 9.17) is 15.0 Å². The number of hydrogen-bond acceptors (Lipinski definition) is 3. The lowest BCUT2D eigenvalue weighted by atomic mass is 9.81. The van der Waals surface area contributed by atoms with Crippen molar-refractivity contribution in [2.75, 3.05) is 0 Å². The Hall–Kier alpha value is -8.01. The molecule has 0 bridgehead atoms. The van der Waals surface area contributed by atoms with E-state index in [9.17, 15) is 0 Å². The van der Waals surface area contributed by atoms with Crippen LogP contribution in [-0.2, 0) is 16.2 Å². The lowest BCUT2D eigenvalue weighted by Crippen LogP contribution is -2.15. The maximum absolute atomic E-state index is 5.40. The van der Waals surface area contributed by atoms with E-state index in [0.29, 0.717) is 17.5 Å². The first kappa shape index (κ1) is 41.2. The molecule has 0 radical (unpaired) electrons. The van der Waals surface area contributed by atoms with Gasteiger partial charge in [0.2, 0.25) is 0 Å². The number of fused-ring (bicyclic) bond motifs is 9. The highest BCUT2D eigenvalue weighted by atomic mass is 15.0. The highest BCUT2D eigenvalue weighted by Crippen LogP contribution is 2.54. The summed E-state index contributed by atoms with van der Waals surface area (Å²) in [7, 11) is 0. The van der Waals surface area contributed by atoms with Crippen molar-refractivity contribution in [3.05, 3.63) is 234 Å². The molecule has 1 heterocycles. The predicted octanol–water partition coefficient (Wildman–Crippen LogP) is 16.8. The number of benzene rings is 9. The smallest absolute Gasteiger partial charge is 0.164 e. The molecule has 0 saturated heterocycles. The molecular formula is C66H51N3. The summed E-state index contributed by atoms with van der Waals surface area (Å²) in [5.41, 5.74) is 25.1. The van der Waals surface area contributed by atoms with Gasteiger partial charge in [-0.2, -0.15) is 0 Å². The molecule has 13 rings (SSSR count). The summed E-state index contributed by atoms with van der Waals surface area (Å²) >= 11 is 0. The molecule has 3 aliphatic carbocycles. The SMILES string of the molecule is CC1(C)c2cc(-c3ccccc3)ccc2-c2ccc(-c3nc(-c4ccc5c(c4)C(C)(C)c4cc(-c6ccccc6)ccc4-5)nc(-c4ccc5c(c4)C(C)(C)c4cc(-c6ccccc6)ccc4-5)n3)cc21. The molecule has 69 heavy (non-hydrogen) atoms. The Morgan fingerprint density at radius 1 is 0.217 bits per heavy atom. The molecule has 330 valence electrons. The molecule has 1 aromatic heterocycles. The highest BCUT2D eigenvalue weighted by Gasteiger charge is 2.39. The highest BCUT2D eigenvalue weighted by molar-refractivity contribution is 5.89. The van der Waals surface area contributed by atoms with Crippen LogP contribution in [0.25, 0.3) is 101 Å². The van der Waals surface area contributed by atoms with Crippen LogP contribution in [0.2, 0.25) is 0 Å². The average Bonchev–Trinajstić information content (AvgIpc) is 3.87. The molecule has 0 aliphatic heterocycles. The molecule has 3 heteroatoms. The monoisotopic (exact) mass is 885 g/mol. The van der Waals surface area contributed by atoms with E-state index in [0.717, 1.165) is 16.7 Å². The Bertz CT molecular complexity index is 3330. The quantitative estimate of drug-likeness (QED) is 0.167. The fourth-order valence-corrected chi connectivity index (χ4v) is 11.8. The summed E-state index contributed by atoms with van der Waals surface area (Å²) in [5, 5.41) is 0. The Kier molecular flexibility index (Phi) is 8.95. The molecule has 3 aliphatic rings. The Labute approximate surface area is 405 Å². The van der Waals surface area contributed by atoms with E-state index in [-0.39, 0.29) is 16.2 Å². The third-order valence-corrected chi connectivity index (χ3v) is 15.8. The predicted molar refractivity (Wildman–Crippen MR) is 285 cm³/mol. The third kappa shape index (κ3) is 6.37. The van der Waals surface area contributed by atoms with Gasteiger partial charge in [-0.3, -0.25) is 0 Å². The van der Waals surface area contributed by atoms with Crippen molar-refractivity contribution >= 4 is 0 Å². The summed E-state index contributed by atoms with van der Waals surface area (Å²) < 4.78 is 0. The molecule has 3 nitrogen and oxygen atoms in total. The van der Waals surface area contributed by atoms with Gasteiger partial charge in [0, 0.05) is 32.9 Å². The second kappa shape index (κ2) is 15.0. The second-order valence-corrected chi connectivity index (χ2v) is 20.8. The minimum atomic E-state index is -0.230. The third-order valence-electron chi connectivity index (χ3n) is 15.8. The second-order valence-electron chi connectivity index (χ2n) is 20.8. The van der Waals surface area contributed by atoms with Crippen LogP contribution < -0.4 is 0 Å². The molecule has 10 aromatic rings. The van der Waals surface area contributed by atoms with Crippen molar-refractivity contribution in [1.82, 2.24) is 15.0 Å². The molecule has 0 atom stereocenters. The molecule has 0 N–H and O–H groups in total. The topological polar surface area (TPSA) is 38.7 Å². The number of nitrogens with zero attached hydrogens (tertiary/aromatic N) is 3. The van der Waals surface area contributed by atoms with Gasteiger partial charge in [-0.15, -0.1) is 0 Å². The van der Waals surface area contributed by atoms with Gasteiger partial charge >= 0.3 is 0 Å². The fourth-order valence-electron chi connectivity index (χ4n) is 11.8. The van der Waals surface area contributed by atoms with Gasteiger partial charge in [0.1, 0.15) is 0 Å². The van der Waals surface area contributed by atoms with Gasteiger partial charge in [0.05, 0.1) is 0 Å².